The minimum atomic E-state index is 0.563. The van der Waals surface area contributed by atoms with Crippen LogP contribution in [0.5, 0.6) is 11.5 Å². The smallest absolute Gasteiger partial charge is 0.214 e. The number of aromatic amines is 1. The maximum atomic E-state index is 5.71. The van der Waals surface area contributed by atoms with Crippen LogP contribution in [0.3, 0.4) is 0 Å². The molecule has 0 radical (unpaired) electrons. The second-order valence-electron chi connectivity index (χ2n) is 5.14. The Hall–Kier alpha value is -1.54. The Morgan fingerprint density at radius 1 is 1.25 bits per heavy atom. The normalized spacial score (nSPS) is 10.7. The average Bonchev–Trinajstić information content (AvgIpc) is 2.89. The van der Waals surface area contributed by atoms with Crippen LogP contribution in [0.4, 0.5) is 0 Å². The first kappa shape index (κ1) is 18.8. The number of rotatable bonds is 9. The van der Waals surface area contributed by atoms with Crippen LogP contribution in [-0.2, 0) is 13.0 Å². The molecule has 8 heteroatoms. The van der Waals surface area contributed by atoms with E-state index in [2.05, 4.69) is 38.5 Å². The fraction of sp³-hybridized carbons (Fsp3) is 0.500. The minimum absolute atomic E-state index is 0.563. The van der Waals surface area contributed by atoms with Gasteiger partial charge in [0.05, 0.1) is 24.2 Å². The van der Waals surface area contributed by atoms with Crippen LogP contribution in [0.1, 0.15) is 38.6 Å². The molecule has 1 aromatic carbocycles. The SMILES string of the molecule is CCCc1n[nH]c(=S)n1NCc1cc(Br)c(OCC)c(OCC)c1. The highest BCUT2D eigenvalue weighted by Gasteiger charge is 2.12. The summed E-state index contributed by atoms with van der Waals surface area (Å²) in [4.78, 5) is 0. The van der Waals surface area contributed by atoms with Crippen LogP contribution in [0, 0.1) is 4.77 Å². The van der Waals surface area contributed by atoms with Crippen molar-refractivity contribution in [3.05, 3.63) is 32.8 Å². The van der Waals surface area contributed by atoms with Crippen LogP contribution in [0.15, 0.2) is 16.6 Å². The van der Waals surface area contributed by atoms with E-state index >= 15 is 0 Å². The largest absolute Gasteiger partial charge is 0.490 e. The van der Waals surface area contributed by atoms with Crippen molar-refractivity contribution in [2.24, 2.45) is 0 Å². The highest BCUT2D eigenvalue weighted by atomic mass is 79.9. The van der Waals surface area contributed by atoms with Gasteiger partial charge in [-0.2, -0.15) is 5.10 Å². The van der Waals surface area contributed by atoms with Crippen molar-refractivity contribution in [2.75, 3.05) is 18.6 Å². The van der Waals surface area contributed by atoms with Crippen molar-refractivity contribution in [1.29, 1.82) is 0 Å². The number of ether oxygens (including phenoxy) is 2. The molecule has 0 spiro atoms. The van der Waals surface area contributed by atoms with Gasteiger partial charge in [0.1, 0.15) is 0 Å². The zero-order valence-electron chi connectivity index (χ0n) is 14.2. The van der Waals surface area contributed by atoms with Gasteiger partial charge in [-0.1, -0.05) is 6.92 Å². The molecule has 0 saturated carbocycles. The van der Waals surface area contributed by atoms with Gasteiger partial charge in [0.25, 0.3) is 0 Å². The molecule has 0 bridgehead atoms. The Morgan fingerprint density at radius 3 is 2.67 bits per heavy atom. The zero-order chi connectivity index (χ0) is 17.5. The van der Waals surface area contributed by atoms with Crippen LogP contribution >= 0.6 is 28.1 Å². The third-order valence-electron chi connectivity index (χ3n) is 3.31. The molecule has 1 aromatic heterocycles. The van der Waals surface area contributed by atoms with Crippen LogP contribution < -0.4 is 14.9 Å². The molecular weight excluding hydrogens is 392 g/mol. The van der Waals surface area contributed by atoms with Gasteiger partial charge < -0.3 is 14.9 Å². The molecule has 2 N–H and O–H groups in total. The van der Waals surface area contributed by atoms with Gasteiger partial charge in [-0.3, -0.25) is 5.10 Å². The molecule has 0 amide bonds. The van der Waals surface area contributed by atoms with Gasteiger partial charge in [-0.15, -0.1) is 0 Å². The summed E-state index contributed by atoms with van der Waals surface area (Å²) in [5.74, 6) is 2.36. The fourth-order valence-electron chi connectivity index (χ4n) is 2.33. The molecule has 0 unspecified atom stereocenters. The summed E-state index contributed by atoms with van der Waals surface area (Å²) in [7, 11) is 0. The van der Waals surface area contributed by atoms with Crippen molar-refractivity contribution in [1.82, 2.24) is 14.9 Å². The number of aryl methyl sites for hydroxylation is 1. The van der Waals surface area contributed by atoms with Crippen LogP contribution in [0.25, 0.3) is 0 Å². The summed E-state index contributed by atoms with van der Waals surface area (Å²) in [5, 5.41) is 7.08. The van der Waals surface area contributed by atoms with Crippen molar-refractivity contribution >= 4 is 28.1 Å². The fourth-order valence-corrected chi connectivity index (χ4v) is 3.14. The van der Waals surface area contributed by atoms with Gasteiger partial charge in [0.2, 0.25) is 4.77 Å². The number of nitrogens with zero attached hydrogens (tertiary/aromatic N) is 2. The van der Waals surface area contributed by atoms with E-state index in [1.807, 2.05) is 30.7 Å². The molecule has 0 atom stereocenters. The number of hydrogen-bond acceptors (Lipinski definition) is 5. The Morgan fingerprint density at radius 2 is 2.00 bits per heavy atom. The van der Waals surface area contributed by atoms with E-state index in [0.29, 0.717) is 24.5 Å². The molecule has 24 heavy (non-hydrogen) atoms. The zero-order valence-corrected chi connectivity index (χ0v) is 16.6. The van der Waals surface area contributed by atoms with E-state index < -0.39 is 0 Å². The van der Waals surface area contributed by atoms with E-state index in [9.17, 15) is 0 Å². The van der Waals surface area contributed by atoms with E-state index in [-0.39, 0.29) is 0 Å². The number of halogens is 1. The van der Waals surface area contributed by atoms with E-state index in [0.717, 1.165) is 40.2 Å². The molecular formula is C16H23BrN4O2S. The van der Waals surface area contributed by atoms with E-state index in [1.165, 1.54) is 0 Å². The molecule has 1 heterocycles. The lowest BCUT2D eigenvalue weighted by Gasteiger charge is -2.15. The lowest BCUT2D eigenvalue weighted by atomic mass is 10.2. The third-order valence-corrected chi connectivity index (χ3v) is 4.18. The highest BCUT2D eigenvalue weighted by molar-refractivity contribution is 9.10. The molecule has 132 valence electrons. The number of aromatic nitrogens is 3. The quantitative estimate of drug-likeness (QED) is 0.601. The minimum Gasteiger partial charge on any atom is -0.490 e. The van der Waals surface area contributed by atoms with E-state index in [4.69, 9.17) is 21.7 Å². The number of benzene rings is 1. The molecule has 6 nitrogen and oxygen atoms in total. The van der Waals surface area contributed by atoms with Crippen LogP contribution in [-0.4, -0.2) is 28.1 Å². The summed E-state index contributed by atoms with van der Waals surface area (Å²) in [6, 6.07) is 4.00. The molecule has 0 saturated heterocycles. The second kappa shape index (κ2) is 9.08. The van der Waals surface area contributed by atoms with E-state index in [1.54, 1.807) is 0 Å². The summed E-state index contributed by atoms with van der Waals surface area (Å²) in [6.07, 6.45) is 1.86. The topological polar surface area (TPSA) is 64.1 Å². The molecule has 0 aliphatic carbocycles. The Balaban J connectivity index is 2.21. The van der Waals surface area contributed by atoms with Crippen molar-refractivity contribution in [3.8, 4) is 11.5 Å². The molecule has 0 fully saturated rings. The Bertz CT molecular complexity index is 729. The first-order valence-electron chi connectivity index (χ1n) is 8.08. The molecule has 2 rings (SSSR count). The van der Waals surface area contributed by atoms with Gasteiger partial charge in [0.15, 0.2) is 17.3 Å². The van der Waals surface area contributed by atoms with Gasteiger partial charge >= 0.3 is 0 Å². The van der Waals surface area contributed by atoms with Crippen molar-refractivity contribution in [3.63, 3.8) is 0 Å². The Kier molecular flexibility index (Phi) is 7.11. The first-order chi connectivity index (χ1) is 11.6. The predicted molar refractivity (Wildman–Crippen MR) is 101 cm³/mol. The lowest BCUT2D eigenvalue weighted by molar-refractivity contribution is 0.286. The van der Waals surface area contributed by atoms with Crippen molar-refractivity contribution < 1.29 is 9.47 Å². The number of hydrogen-bond donors (Lipinski definition) is 2. The summed E-state index contributed by atoms with van der Waals surface area (Å²) in [6.45, 7) is 7.78. The predicted octanol–water partition coefficient (Wildman–Crippen LogP) is 4.20. The number of nitrogens with one attached hydrogen (secondary N) is 2. The second-order valence-corrected chi connectivity index (χ2v) is 6.38. The van der Waals surface area contributed by atoms with Gasteiger partial charge in [0, 0.05) is 6.42 Å². The third kappa shape index (κ3) is 4.51. The summed E-state index contributed by atoms with van der Waals surface area (Å²) in [5.41, 5.74) is 4.37. The highest BCUT2D eigenvalue weighted by Crippen LogP contribution is 2.37. The van der Waals surface area contributed by atoms with Crippen molar-refractivity contribution in [2.45, 2.75) is 40.2 Å². The van der Waals surface area contributed by atoms with Crippen LogP contribution in [0.2, 0.25) is 0 Å². The monoisotopic (exact) mass is 414 g/mol. The standard InChI is InChI=1S/C16H23BrN4O2S/c1-4-7-14-19-20-16(24)21(14)18-10-11-8-12(17)15(23-6-3)13(9-11)22-5-2/h8-9,18H,4-7,10H2,1-3H3,(H,20,24). The number of H-pyrrole nitrogens is 1. The maximum absolute atomic E-state index is 5.71. The first-order valence-corrected chi connectivity index (χ1v) is 9.28. The summed E-state index contributed by atoms with van der Waals surface area (Å²) >= 11 is 8.84. The van der Waals surface area contributed by atoms with Gasteiger partial charge in [-0.25, -0.2) is 4.68 Å². The Labute approximate surface area is 155 Å². The molecule has 2 aromatic rings. The van der Waals surface area contributed by atoms with Gasteiger partial charge in [-0.05, 0) is 66.1 Å². The summed E-state index contributed by atoms with van der Waals surface area (Å²) < 4.78 is 14.6. The molecule has 0 aliphatic rings. The lowest BCUT2D eigenvalue weighted by Crippen LogP contribution is -2.17. The molecule has 0 aliphatic heterocycles. The maximum Gasteiger partial charge on any atom is 0.214 e. The average molecular weight is 415 g/mol.